The van der Waals surface area contributed by atoms with Gasteiger partial charge in [0, 0.05) is 36.2 Å². The van der Waals surface area contributed by atoms with Gasteiger partial charge in [0.15, 0.2) is 0 Å². The third kappa shape index (κ3) is 4.23. The summed E-state index contributed by atoms with van der Waals surface area (Å²) in [7, 11) is 0. The summed E-state index contributed by atoms with van der Waals surface area (Å²) >= 11 is 0. The number of amides is 1. The fourth-order valence-corrected chi connectivity index (χ4v) is 4.86. The molecule has 0 aliphatic heterocycles. The minimum absolute atomic E-state index is 0.243. The highest BCUT2D eigenvalue weighted by atomic mass is 16.2. The molecule has 27 heavy (non-hydrogen) atoms. The summed E-state index contributed by atoms with van der Waals surface area (Å²) in [6, 6.07) is 6.77. The van der Waals surface area contributed by atoms with Gasteiger partial charge in [0.2, 0.25) is 5.91 Å². The lowest BCUT2D eigenvalue weighted by Gasteiger charge is -2.42. The highest BCUT2D eigenvalue weighted by molar-refractivity contribution is 5.77. The van der Waals surface area contributed by atoms with Gasteiger partial charge in [0.1, 0.15) is 6.54 Å². The molecule has 2 aliphatic carbocycles. The third-order valence-electron chi connectivity index (χ3n) is 6.20. The molecule has 0 saturated heterocycles. The standard InChI is InChI=1S/C22H30N4O/c27-22(17-25-21(13-16-24-25)18-11-14-23-15-12-18)26(19-7-3-1-4-8-19)20-9-5-2-6-10-20/h11-16,19-20H,1-10,17H2. The molecule has 0 aromatic carbocycles. The van der Waals surface area contributed by atoms with E-state index >= 15 is 0 Å². The van der Waals surface area contributed by atoms with E-state index in [2.05, 4.69) is 15.0 Å². The van der Waals surface area contributed by atoms with Gasteiger partial charge in [0.25, 0.3) is 0 Å². The predicted octanol–water partition coefficient (Wildman–Crippen LogP) is 4.44. The number of aromatic nitrogens is 3. The summed E-state index contributed by atoms with van der Waals surface area (Å²) in [5.74, 6) is 0.243. The molecule has 4 rings (SSSR count). The van der Waals surface area contributed by atoms with Crippen molar-refractivity contribution in [3.63, 3.8) is 0 Å². The molecule has 144 valence electrons. The van der Waals surface area contributed by atoms with Gasteiger partial charge in [-0.05, 0) is 43.9 Å². The molecular weight excluding hydrogens is 336 g/mol. The van der Waals surface area contributed by atoms with Gasteiger partial charge in [-0.1, -0.05) is 38.5 Å². The Kier molecular flexibility index (Phi) is 5.85. The van der Waals surface area contributed by atoms with Crippen LogP contribution in [0.3, 0.4) is 0 Å². The van der Waals surface area contributed by atoms with Crippen LogP contribution in [0, 0.1) is 0 Å². The summed E-state index contributed by atoms with van der Waals surface area (Å²) < 4.78 is 1.86. The molecule has 5 heteroatoms. The van der Waals surface area contributed by atoms with E-state index in [1.54, 1.807) is 18.6 Å². The minimum atomic E-state index is 0.243. The number of nitrogens with zero attached hydrogens (tertiary/aromatic N) is 4. The van der Waals surface area contributed by atoms with Crippen molar-refractivity contribution >= 4 is 5.91 Å². The van der Waals surface area contributed by atoms with Crippen LogP contribution in [0.1, 0.15) is 64.2 Å². The maximum atomic E-state index is 13.4. The Hall–Kier alpha value is -2.17. The van der Waals surface area contributed by atoms with Crippen LogP contribution in [0.2, 0.25) is 0 Å². The summed E-state index contributed by atoms with van der Waals surface area (Å²) in [4.78, 5) is 19.8. The molecule has 0 unspecified atom stereocenters. The first-order chi connectivity index (χ1) is 13.3. The largest absolute Gasteiger partial charge is 0.335 e. The van der Waals surface area contributed by atoms with Crippen molar-refractivity contribution in [2.45, 2.75) is 82.8 Å². The van der Waals surface area contributed by atoms with Crippen LogP contribution in [0.4, 0.5) is 0 Å². The molecule has 0 N–H and O–H groups in total. The van der Waals surface area contributed by atoms with Crippen LogP contribution in [0.25, 0.3) is 11.3 Å². The summed E-state index contributed by atoms with van der Waals surface area (Å²) in [6.07, 6.45) is 17.7. The van der Waals surface area contributed by atoms with Crippen LogP contribution in [-0.2, 0) is 11.3 Å². The maximum Gasteiger partial charge on any atom is 0.244 e. The topological polar surface area (TPSA) is 51.0 Å². The zero-order valence-corrected chi connectivity index (χ0v) is 16.1. The van der Waals surface area contributed by atoms with Gasteiger partial charge >= 0.3 is 0 Å². The Morgan fingerprint density at radius 2 is 1.48 bits per heavy atom. The van der Waals surface area contributed by atoms with Gasteiger partial charge in [-0.15, -0.1) is 0 Å². The average Bonchev–Trinajstić information content (AvgIpc) is 3.18. The Labute approximate surface area is 161 Å². The van der Waals surface area contributed by atoms with Crippen LogP contribution in [0.5, 0.6) is 0 Å². The first-order valence-electron chi connectivity index (χ1n) is 10.6. The quantitative estimate of drug-likeness (QED) is 0.786. The normalized spacial score (nSPS) is 19.1. The number of rotatable bonds is 5. The molecule has 0 spiro atoms. The Balaban J connectivity index is 1.54. The molecule has 2 aromatic rings. The van der Waals surface area contributed by atoms with Gasteiger partial charge in [-0.3, -0.25) is 14.5 Å². The van der Waals surface area contributed by atoms with Gasteiger partial charge in [0.05, 0.1) is 5.69 Å². The molecular formula is C22H30N4O. The summed E-state index contributed by atoms with van der Waals surface area (Å²) in [5, 5.41) is 4.45. The van der Waals surface area contributed by atoms with E-state index in [0.717, 1.165) is 11.3 Å². The van der Waals surface area contributed by atoms with Crippen LogP contribution < -0.4 is 0 Å². The second-order valence-corrected chi connectivity index (χ2v) is 7.99. The zero-order valence-electron chi connectivity index (χ0n) is 16.1. The van der Waals surface area contributed by atoms with E-state index in [0.29, 0.717) is 18.6 Å². The van der Waals surface area contributed by atoms with Crippen LogP contribution in [-0.4, -0.2) is 37.7 Å². The molecule has 2 saturated carbocycles. The molecule has 2 heterocycles. The van der Waals surface area contributed by atoms with E-state index in [1.807, 2.05) is 22.9 Å². The van der Waals surface area contributed by atoms with Gasteiger partial charge in [-0.25, -0.2) is 0 Å². The third-order valence-corrected chi connectivity index (χ3v) is 6.20. The fourth-order valence-electron chi connectivity index (χ4n) is 4.86. The fraction of sp³-hybridized carbons (Fsp3) is 0.591. The van der Waals surface area contributed by atoms with Crippen LogP contribution >= 0.6 is 0 Å². The summed E-state index contributed by atoms with van der Waals surface area (Å²) in [6.45, 7) is 0.331. The second-order valence-electron chi connectivity index (χ2n) is 7.99. The zero-order chi connectivity index (χ0) is 18.5. The Bertz CT molecular complexity index is 712. The molecule has 0 radical (unpaired) electrons. The van der Waals surface area contributed by atoms with Crippen molar-refractivity contribution in [1.82, 2.24) is 19.7 Å². The van der Waals surface area contributed by atoms with Crippen molar-refractivity contribution in [2.75, 3.05) is 0 Å². The first kappa shape index (κ1) is 18.2. The number of carbonyl (C=O) groups excluding carboxylic acids is 1. The molecule has 5 nitrogen and oxygen atoms in total. The smallest absolute Gasteiger partial charge is 0.244 e. The molecule has 2 aromatic heterocycles. The van der Waals surface area contributed by atoms with E-state index in [-0.39, 0.29) is 5.91 Å². The van der Waals surface area contributed by atoms with Crippen molar-refractivity contribution in [3.8, 4) is 11.3 Å². The molecule has 2 fully saturated rings. The Morgan fingerprint density at radius 3 is 2.07 bits per heavy atom. The number of pyridine rings is 1. The van der Waals surface area contributed by atoms with E-state index in [1.165, 1.54) is 64.2 Å². The maximum absolute atomic E-state index is 13.4. The lowest BCUT2D eigenvalue weighted by Crippen LogP contribution is -2.50. The lowest BCUT2D eigenvalue weighted by atomic mass is 9.88. The Morgan fingerprint density at radius 1 is 0.889 bits per heavy atom. The first-order valence-corrected chi connectivity index (χ1v) is 10.6. The van der Waals surface area contributed by atoms with Crippen molar-refractivity contribution in [1.29, 1.82) is 0 Å². The molecule has 2 aliphatic rings. The van der Waals surface area contributed by atoms with Gasteiger partial charge in [-0.2, -0.15) is 5.10 Å². The van der Waals surface area contributed by atoms with E-state index in [9.17, 15) is 4.79 Å². The monoisotopic (exact) mass is 366 g/mol. The lowest BCUT2D eigenvalue weighted by molar-refractivity contribution is -0.138. The van der Waals surface area contributed by atoms with E-state index < -0.39 is 0 Å². The number of hydrogen-bond acceptors (Lipinski definition) is 3. The highest BCUT2D eigenvalue weighted by Gasteiger charge is 2.32. The predicted molar refractivity (Wildman–Crippen MR) is 106 cm³/mol. The molecule has 1 amide bonds. The second kappa shape index (κ2) is 8.68. The average molecular weight is 367 g/mol. The van der Waals surface area contributed by atoms with E-state index in [4.69, 9.17) is 0 Å². The van der Waals surface area contributed by atoms with Crippen LogP contribution in [0.15, 0.2) is 36.8 Å². The summed E-state index contributed by atoms with van der Waals surface area (Å²) in [5.41, 5.74) is 2.04. The molecule has 0 atom stereocenters. The van der Waals surface area contributed by atoms with Crippen molar-refractivity contribution in [2.24, 2.45) is 0 Å². The minimum Gasteiger partial charge on any atom is -0.335 e. The van der Waals surface area contributed by atoms with Gasteiger partial charge < -0.3 is 4.90 Å². The SMILES string of the molecule is O=C(Cn1nccc1-c1ccncc1)N(C1CCCCC1)C1CCCCC1. The van der Waals surface area contributed by atoms with Crippen molar-refractivity contribution < 1.29 is 4.79 Å². The van der Waals surface area contributed by atoms with Crippen molar-refractivity contribution in [3.05, 3.63) is 36.8 Å². The molecule has 0 bridgehead atoms. The number of carbonyl (C=O) groups is 1. The highest BCUT2D eigenvalue weighted by Crippen LogP contribution is 2.30. The number of hydrogen-bond donors (Lipinski definition) is 0.